The number of aromatic nitrogens is 4. The molecule has 0 radical (unpaired) electrons. The summed E-state index contributed by atoms with van der Waals surface area (Å²) in [4.78, 5) is 28.3. The maximum atomic E-state index is 13.3. The molecule has 2 aromatic heterocycles. The number of nitrogens with one attached hydrogen (secondary N) is 1. The van der Waals surface area contributed by atoms with Crippen molar-refractivity contribution >= 4 is 16.8 Å². The standard InChI is InChI=1S/C26H30N6O2/c1-18-24-23(19(2)31(29-24)22-13-9-6-10-14-22)26(34)32(28-18)20(3)25(33)27-15-16-30(4)17-21-11-7-5-8-12-21/h5-14,20H,15-17H2,1-4H3,(H,27,33)/t20-/m0/s1. The lowest BCUT2D eigenvalue weighted by molar-refractivity contribution is -0.124. The van der Waals surface area contributed by atoms with Gasteiger partial charge in [-0.1, -0.05) is 48.5 Å². The first kappa shape index (κ1) is 23.4. The molecule has 0 spiro atoms. The Labute approximate surface area is 198 Å². The lowest BCUT2D eigenvalue weighted by atomic mass is 10.2. The zero-order valence-corrected chi connectivity index (χ0v) is 20.0. The van der Waals surface area contributed by atoms with E-state index in [1.54, 1.807) is 11.6 Å². The molecule has 8 nitrogen and oxygen atoms in total. The van der Waals surface area contributed by atoms with Gasteiger partial charge in [-0.2, -0.15) is 10.2 Å². The highest BCUT2D eigenvalue weighted by Gasteiger charge is 2.23. The molecule has 0 aliphatic rings. The average molecular weight is 459 g/mol. The van der Waals surface area contributed by atoms with Gasteiger partial charge in [0.15, 0.2) is 0 Å². The lowest BCUT2D eigenvalue weighted by Gasteiger charge is -2.19. The third kappa shape index (κ3) is 4.77. The van der Waals surface area contributed by atoms with Gasteiger partial charge in [-0.05, 0) is 45.5 Å². The fourth-order valence-corrected chi connectivity index (χ4v) is 4.07. The van der Waals surface area contributed by atoms with Gasteiger partial charge >= 0.3 is 0 Å². The molecular weight excluding hydrogens is 428 g/mol. The second kappa shape index (κ2) is 10.0. The number of rotatable bonds is 8. The summed E-state index contributed by atoms with van der Waals surface area (Å²) in [5.74, 6) is -0.241. The number of nitrogens with zero attached hydrogens (tertiary/aromatic N) is 5. The van der Waals surface area contributed by atoms with Gasteiger partial charge in [-0.25, -0.2) is 9.36 Å². The number of aryl methyl sites for hydroxylation is 2. The van der Waals surface area contributed by atoms with Crippen molar-refractivity contribution in [3.05, 3.63) is 88.0 Å². The predicted molar refractivity (Wildman–Crippen MR) is 133 cm³/mol. The molecule has 4 aromatic rings. The first-order chi connectivity index (χ1) is 16.4. The summed E-state index contributed by atoms with van der Waals surface area (Å²) in [6, 6.07) is 19.1. The highest BCUT2D eigenvalue weighted by molar-refractivity contribution is 5.84. The third-order valence-corrected chi connectivity index (χ3v) is 5.97. The fourth-order valence-electron chi connectivity index (χ4n) is 4.07. The van der Waals surface area contributed by atoms with Crippen LogP contribution in [0.3, 0.4) is 0 Å². The maximum absolute atomic E-state index is 13.3. The van der Waals surface area contributed by atoms with Gasteiger partial charge in [-0.3, -0.25) is 9.59 Å². The van der Waals surface area contributed by atoms with E-state index in [0.717, 1.165) is 17.9 Å². The molecule has 0 bridgehead atoms. The van der Waals surface area contributed by atoms with Crippen molar-refractivity contribution in [2.75, 3.05) is 20.1 Å². The molecule has 0 saturated carbocycles. The van der Waals surface area contributed by atoms with Crippen molar-refractivity contribution in [1.29, 1.82) is 0 Å². The van der Waals surface area contributed by atoms with Crippen molar-refractivity contribution < 1.29 is 4.79 Å². The summed E-state index contributed by atoms with van der Waals surface area (Å²) in [6.07, 6.45) is 0. The molecule has 0 fully saturated rings. The summed E-state index contributed by atoms with van der Waals surface area (Å²) in [7, 11) is 2.01. The largest absolute Gasteiger partial charge is 0.353 e. The molecule has 0 aliphatic heterocycles. The molecule has 176 valence electrons. The Balaban J connectivity index is 1.49. The predicted octanol–water partition coefficient (Wildman–Crippen LogP) is 3.01. The summed E-state index contributed by atoms with van der Waals surface area (Å²) in [5, 5.41) is 12.5. The smallest absolute Gasteiger partial charge is 0.278 e. The topological polar surface area (TPSA) is 85.0 Å². The van der Waals surface area contributed by atoms with Crippen molar-refractivity contribution in [1.82, 2.24) is 29.8 Å². The van der Waals surface area contributed by atoms with Gasteiger partial charge in [-0.15, -0.1) is 0 Å². The van der Waals surface area contributed by atoms with E-state index in [0.29, 0.717) is 29.7 Å². The molecule has 1 N–H and O–H groups in total. The SMILES string of the molecule is Cc1nn([C@@H](C)C(=O)NCCN(C)Cc2ccccc2)c(=O)c2c(C)n(-c3ccccc3)nc12. The number of para-hydroxylation sites is 1. The molecule has 4 rings (SSSR count). The van der Waals surface area contributed by atoms with Crippen LogP contribution in [0.1, 0.15) is 29.9 Å². The molecule has 0 saturated heterocycles. The number of carbonyl (C=O) groups excluding carboxylic acids is 1. The molecule has 0 aliphatic carbocycles. The minimum absolute atomic E-state index is 0.241. The second-order valence-electron chi connectivity index (χ2n) is 8.58. The molecule has 2 heterocycles. The van der Waals surface area contributed by atoms with Crippen LogP contribution in [0.2, 0.25) is 0 Å². The Kier molecular flexibility index (Phi) is 6.88. The molecule has 1 amide bonds. The van der Waals surface area contributed by atoms with Crippen LogP contribution in [-0.4, -0.2) is 50.5 Å². The van der Waals surface area contributed by atoms with E-state index in [4.69, 9.17) is 0 Å². The van der Waals surface area contributed by atoms with Gasteiger partial charge in [0.1, 0.15) is 11.6 Å². The van der Waals surface area contributed by atoms with Crippen LogP contribution in [0.15, 0.2) is 65.5 Å². The highest BCUT2D eigenvalue weighted by Crippen LogP contribution is 2.20. The quantitative estimate of drug-likeness (QED) is 0.439. The number of fused-ring (bicyclic) bond motifs is 1. The van der Waals surface area contributed by atoms with E-state index in [9.17, 15) is 9.59 Å². The second-order valence-corrected chi connectivity index (χ2v) is 8.58. The van der Waals surface area contributed by atoms with E-state index in [-0.39, 0.29) is 11.5 Å². The minimum atomic E-state index is -0.741. The van der Waals surface area contributed by atoms with Gasteiger partial charge in [0.05, 0.1) is 22.5 Å². The summed E-state index contributed by atoms with van der Waals surface area (Å²) in [5.41, 5.74) is 3.65. The molecule has 34 heavy (non-hydrogen) atoms. The fraction of sp³-hybridized carbons (Fsp3) is 0.308. The monoisotopic (exact) mass is 458 g/mol. The van der Waals surface area contributed by atoms with Crippen molar-refractivity contribution in [3.63, 3.8) is 0 Å². The first-order valence-corrected chi connectivity index (χ1v) is 11.4. The molecule has 2 aromatic carbocycles. The Morgan fingerprint density at radius 3 is 2.35 bits per heavy atom. The Morgan fingerprint density at radius 2 is 1.68 bits per heavy atom. The van der Waals surface area contributed by atoms with Crippen molar-refractivity contribution in [2.24, 2.45) is 0 Å². The zero-order valence-electron chi connectivity index (χ0n) is 20.0. The molecule has 0 unspecified atom stereocenters. The van der Waals surface area contributed by atoms with Crippen molar-refractivity contribution in [3.8, 4) is 5.69 Å². The van der Waals surface area contributed by atoms with Crippen molar-refractivity contribution in [2.45, 2.75) is 33.4 Å². The Morgan fingerprint density at radius 1 is 1.03 bits per heavy atom. The van der Waals surface area contributed by atoms with E-state index >= 15 is 0 Å². The van der Waals surface area contributed by atoms with Crippen LogP contribution in [0.4, 0.5) is 0 Å². The van der Waals surface area contributed by atoms with Crippen LogP contribution in [0, 0.1) is 13.8 Å². The normalized spacial score (nSPS) is 12.3. The number of likely N-dealkylation sites (N-methyl/N-ethyl adjacent to an activating group) is 1. The maximum Gasteiger partial charge on any atom is 0.278 e. The Bertz CT molecular complexity index is 1340. The molecular formula is C26H30N6O2. The van der Waals surface area contributed by atoms with Crippen LogP contribution in [0.25, 0.3) is 16.6 Å². The number of hydrogen-bond acceptors (Lipinski definition) is 5. The van der Waals surface area contributed by atoms with Crippen LogP contribution in [0.5, 0.6) is 0 Å². The van der Waals surface area contributed by atoms with E-state index in [1.165, 1.54) is 10.2 Å². The van der Waals surface area contributed by atoms with Crippen LogP contribution < -0.4 is 10.9 Å². The van der Waals surface area contributed by atoms with Gasteiger partial charge in [0.2, 0.25) is 5.91 Å². The lowest BCUT2D eigenvalue weighted by Crippen LogP contribution is -2.40. The minimum Gasteiger partial charge on any atom is -0.353 e. The summed E-state index contributed by atoms with van der Waals surface area (Å²) < 4.78 is 3.02. The summed E-state index contributed by atoms with van der Waals surface area (Å²) >= 11 is 0. The number of amides is 1. The van der Waals surface area contributed by atoms with E-state index in [2.05, 4.69) is 32.5 Å². The Hall–Kier alpha value is -3.78. The number of benzene rings is 2. The first-order valence-electron chi connectivity index (χ1n) is 11.4. The van der Waals surface area contributed by atoms with Gasteiger partial charge < -0.3 is 10.2 Å². The van der Waals surface area contributed by atoms with Gasteiger partial charge in [0.25, 0.3) is 5.56 Å². The highest BCUT2D eigenvalue weighted by atomic mass is 16.2. The third-order valence-electron chi connectivity index (χ3n) is 5.97. The molecule has 8 heteroatoms. The van der Waals surface area contributed by atoms with E-state index in [1.807, 2.05) is 69.4 Å². The molecule has 1 atom stereocenters. The van der Waals surface area contributed by atoms with Crippen LogP contribution in [-0.2, 0) is 11.3 Å². The zero-order chi connectivity index (χ0) is 24.2. The number of carbonyl (C=O) groups is 1. The van der Waals surface area contributed by atoms with Crippen LogP contribution >= 0.6 is 0 Å². The van der Waals surface area contributed by atoms with Gasteiger partial charge in [0, 0.05) is 19.6 Å². The summed E-state index contributed by atoms with van der Waals surface area (Å²) in [6.45, 7) is 7.33. The average Bonchev–Trinajstić information content (AvgIpc) is 3.20. The van der Waals surface area contributed by atoms with E-state index < -0.39 is 6.04 Å². The number of hydrogen-bond donors (Lipinski definition) is 1.